The number of rotatable bonds is 6. The first-order valence-corrected chi connectivity index (χ1v) is 13.6. The van der Waals surface area contributed by atoms with Crippen molar-refractivity contribution in [1.82, 2.24) is 14.9 Å². The Morgan fingerprint density at radius 2 is 1.85 bits per heavy atom. The quantitative estimate of drug-likeness (QED) is 0.369. The van der Waals surface area contributed by atoms with Gasteiger partial charge in [0.15, 0.2) is 0 Å². The fraction of sp³-hybridized carbons (Fsp3) is 0.250. The van der Waals surface area contributed by atoms with Gasteiger partial charge in [-0.05, 0) is 65.9 Å². The van der Waals surface area contributed by atoms with Crippen molar-refractivity contribution in [3.05, 3.63) is 102 Å². The van der Waals surface area contributed by atoms with E-state index in [2.05, 4.69) is 49.4 Å². The van der Waals surface area contributed by atoms with Crippen LogP contribution in [0.15, 0.2) is 84.2 Å². The average Bonchev–Trinajstić information content (AvgIpc) is 3.20. The van der Waals surface area contributed by atoms with Gasteiger partial charge in [-0.25, -0.2) is 4.39 Å². The minimum Gasteiger partial charge on any atom is -0.379 e. The van der Waals surface area contributed by atoms with E-state index in [1.54, 1.807) is 30.5 Å². The van der Waals surface area contributed by atoms with E-state index in [1.165, 1.54) is 12.1 Å². The minimum absolute atomic E-state index is 0.278. The van der Waals surface area contributed by atoms with Gasteiger partial charge >= 0.3 is 0 Å². The largest absolute Gasteiger partial charge is 0.379 e. The van der Waals surface area contributed by atoms with E-state index < -0.39 is 0 Å². The molecule has 4 heterocycles. The molecule has 6 rings (SSSR count). The van der Waals surface area contributed by atoms with E-state index in [-0.39, 0.29) is 11.7 Å². The Balaban J connectivity index is 1.22. The molecule has 1 fully saturated rings. The van der Waals surface area contributed by atoms with Crippen LogP contribution in [0.3, 0.4) is 0 Å². The van der Waals surface area contributed by atoms with Crippen molar-refractivity contribution in [2.24, 2.45) is 4.99 Å². The van der Waals surface area contributed by atoms with E-state index in [4.69, 9.17) is 4.74 Å². The molecule has 0 atom stereocenters. The maximum atomic E-state index is 13.6. The van der Waals surface area contributed by atoms with Crippen LogP contribution in [-0.4, -0.2) is 59.3 Å². The summed E-state index contributed by atoms with van der Waals surface area (Å²) in [6.07, 6.45) is 7.09. The van der Waals surface area contributed by atoms with Gasteiger partial charge < -0.3 is 10.1 Å². The molecule has 1 N–H and O–H groups in total. The van der Waals surface area contributed by atoms with Crippen LogP contribution in [0.1, 0.15) is 23.1 Å². The zero-order chi connectivity index (χ0) is 27.3. The second-order valence-corrected chi connectivity index (χ2v) is 10.1. The summed E-state index contributed by atoms with van der Waals surface area (Å²) in [5, 5.41) is 2.95. The number of hydrogen-bond donors (Lipinski definition) is 1. The first kappa shape index (κ1) is 26.0. The number of fused-ring (bicyclic) bond motifs is 1. The normalized spacial score (nSPS) is 15.6. The van der Waals surface area contributed by atoms with Crippen LogP contribution in [0.2, 0.25) is 0 Å². The van der Waals surface area contributed by atoms with Crippen molar-refractivity contribution < 1.29 is 13.9 Å². The van der Waals surface area contributed by atoms with E-state index in [9.17, 15) is 9.18 Å². The fourth-order valence-electron chi connectivity index (χ4n) is 5.16. The van der Waals surface area contributed by atoms with Crippen molar-refractivity contribution in [2.75, 3.05) is 38.2 Å². The highest BCUT2D eigenvalue weighted by Crippen LogP contribution is 2.27. The molecule has 7 nitrogen and oxygen atoms in total. The number of halogens is 1. The van der Waals surface area contributed by atoms with E-state index >= 15 is 0 Å². The molecule has 0 bridgehead atoms. The highest BCUT2D eigenvalue weighted by atomic mass is 19.1. The molecule has 2 aromatic heterocycles. The lowest BCUT2D eigenvalue weighted by atomic mass is 9.94. The molecule has 0 radical (unpaired) electrons. The maximum Gasteiger partial charge on any atom is 0.274 e. The number of aliphatic imine (C=N–C) groups is 1. The van der Waals surface area contributed by atoms with Gasteiger partial charge in [0, 0.05) is 55.3 Å². The summed E-state index contributed by atoms with van der Waals surface area (Å²) >= 11 is 0. The van der Waals surface area contributed by atoms with Crippen molar-refractivity contribution in [3.63, 3.8) is 0 Å². The molecule has 1 saturated heterocycles. The lowest BCUT2D eigenvalue weighted by molar-refractivity contribution is -0.110. The van der Waals surface area contributed by atoms with E-state index in [0.717, 1.165) is 73.5 Å². The third-order valence-electron chi connectivity index (χ3n) is 7.23. The molecule has 202 valence electrons. The second-order valence-electron chi connectivity index (χ2n) is 10.1. The third-order valence-corrected chi connectivity index (χ3v) is 7.23. The second kappa shape index (κ2) is 11.9. The summed E-state index contributed by atoms with van der Waals surface area (Å²) in [5.41, 5.74) is 7.38. The summed E-state index contributed by atoms with van der Waals surface area (Å²) in [6.45, 7) is 4.77. The number of carbonyl (C=O) groups is 1. The Labute approximate surface area is 232 Å². The number of aromatic nitrogens is 2. The first-order chi connectivity index (χ1) is 19.6. The van der Waals surface area contributed by atoms with Gasteiger partial charge in [0.1, 0.15) is 11.5 Å². The zero-order valence-electron chi connectivity index (χ0n) is 22.1. The molecule has 0 aliphatic carbocycles. The number of morpholine rings is 1. The van der Waals surface area contributed by atoms with E-state index in [1.807, 2.05) is 12.4 Å². The van der Waals surface area contributed by atoms with Crippen molar-refractivity contribution >= 4 is 17.3 Å². The standard InChI is InChI=1S/C32H30FN5O2/c33-27-5-1-3-25(16-27)30-9-8-28(20-36-30)37-32(39)31-29-17-24(7-6-23(29)4-2-10-35-31)26-15-22(18-34-19-26)21-38-11-13-40-14-12-38/h1,3,5-9,15-20H,2,4,10-14,21H2,(H,37,39). The Morgan fingerprint density at radius 3 is 2.67 bits per heavy atom. The van der Waals surface area contributed by atoms with Crippen LogP contribution in [0.25, 0.3) is 22.4 Å². The van der Waals surface area contributed by atoms with Gasteiger partial charge in [-0.1, -0.05) is 24.3 Å². The number of benzene rings is 2. The highest BCUT2D eigenvalue weighted by Gasteiger charge is 2.21. The number of anilines is 1. The molecule has 0 saturated carbocycles. The Bertz CT molecular complexity index is 1550. The number of nitrogens with zero attached hydrogens (tertiary/aromatic N) is 4. The number of amides is 1. The SMILES string of the molecule is O=C(Nc1ccc(-c2cccc(F)c2)nc1)C1=NCCCc2ccc(-c3cncc(CN4CCOCC4)c3)cc21. The summed E-state index contributed by atoms with van der Waals surface area (Å²) < 4.78 is 19.1. The molecule has 0 unspecified atom stereocenters. The monoisotopic (exact) mass is 535 g/mol. The van der Waals surface area contributed by atoms with Crippen LogP contribution < -0.4 is 5.32 Å². The Hall–Kier alpha value is -4.27. The summed E-state index contributed by atoms with van der Waals surface area (Å²) in [4.78, 5) is 29.4. The summed E-state index contributed by atoms with van der Waals surface area (Å²) in [5.74, 6) is -0.597. The fourth-order valence-corrected chi connectivity index (χ4v) is 5.16. The van der Waals surface area contributed by atoms with Gasteiger partial charge in [0.05, 0.1) is 30.8 Å². The molecule has 2 aliphatic rings. The van der Waals surface area contributed by atoms with Crippen molar-refractivity contribution in [2.45, 2.75) is 19.4 Å². The highest BCUT2D eigenvalue weighted by molar-refractivity contribution is 6.49. The Morgan fingerprint density at radius 1 is 0.950 bits per heavy atom. The summed E-state index contributed by atoms with van der Waals surface area (Å²) in [7, 11) is 0. The van der Waals surface area contributed by atoms with Crippen LogP contribution in [0.5, 0.6) is 0 Å². The van der Waals surface area contributed by atoms with Crippen molar-refractivity contribution in [1.29, 1.82) is 0 Å². The maximum absolute atomic E-state index is 13.6. The van der Waals surface area contributed by atoms with Crippen LogP contribution in [-0.2, 0) is 22.5 Å². The third kappa shape index (κ3) is 5.98. The lowest BCUT2D eigenvalue weighted by Crippen LogP contribution is -2.35. The number of aryl methyl sites for hydroxylation is 1. The van der Waals surface area contributed by atoms with Gasteiger partial charge in [-0.3, -0.25) is 24.7 Å². The van der Waals surface area contributed by atoms with E-state index in [0.29, 0.717) is 29.2 Å². The lowest BCUT2D eigenvalue weighted by Gasteiger charge is -2.26. The number of nitrogens with one attached hydrogen (secondary N) is 1. The molecular formula is C32H30FN5O2. The molecule has 2 aromatic carbocycles. The van der Waals surface area contributed by atoms with Gasteiger partial charge in [-0.2, -0.15) is 0 Å². The van der Waals surface area contributed by atoms with Crippen molar-refractivity contribution in [3.8, 4) is 22.4 Å². The summed E-state index contributed by atoms with van der Waals surface area (Å²) in [6, 6.07) is 18.2. The molecule has 40 heavy (non-hydrogen) atoms. The van der Waals surface area contributed by atoms with Crippen LogP contribution in [0, 0.1) is 5.82 Å². The number of pyridine rings is 2. The number of ether oxygens (including phenoxy) is 1. The number of carbonyl (C=O) groups excluding carboxylic acids is 1. The van der Waals surface area contributed by atoms with Gasteiger partial charge in [0.25, 0.3) is 5.91 Å². The molecule has 4 aromatic rings. The topological polar surface area (TPSA) is 79.7 Å². The molecule has 8 heteroatoms. The van der Waals surface area contributed by atoms with Gasteiger partial charge in [-0.15, -0.1) is 0 Å². The predicted octanol–water partition coefficient (Wildman–Crippen LogP) is 5.16. The minimum atomic E-state index is -0.319. The van der Waals surface area contributed by atoms with Crippen LogP contribution in [0.4, 0.5) is 10.1 Å². The number of hydrogen-bond acceptors (Lipinski definition) is 6. The smallest absolute Gasteiger partial charge is 0.274 e. The molecule has 0 spiro atoms. The Kier molecular flexibility index (Phi) is 7.70. The predicted molar refractivity (Wildman–Crippen MR) is 154 cm³/mol. The molecular weight excluding hydrogens is 505 g/mol. The first-order valence-electron chi connectivity index (χ1n) is 13.6. The molecule has 1 amide bonds. The molecule has 2 aliphatic heterocycles. The van der Waals surface area contributed by atoms with Crippen LogP contribution >= 0.6 is 0 Å². The van der Waals surface area contributed by atoms with Gasteiger partial charge in [0.2, 0.25) is 0 Å². The zero-order valence-corrected chi connectivity index (χ0v) is 22.1. The average molecular weight is 536 g/mol.